The average Bonchev–Trinajstić information content (AvgIpc) is 3.12. The van der Waals surface area contributed by atoms with Crippen molar-refractivity contribution in [3.63, 3.8) is 0 Å². The molecule has 2 aromatic rings. The summed E-state index contributed by atoms with van der Waals surface area (Å²) >= 11 is 0. The Labute approximate surface area is 188 Å². The van der Waals surface area contributed by atoms with Gasteiger partial charge in [0, 0.05) is 24.4 Å². The number of alkyl halides is 7. The minimum absolute atomic E-state index is 0.0430. The fourth-order valence-electron chi connectivity index (χ4n) is 3.62. The Kier molecular flexibility index (Phi) is 6.94. The third-order valence-electron chi connectivity index (χ3n) is 5.20. The number of ether oxygens (including phenoxy) is 3. The van der Waals surface area contributed by atoms with Crippen LogP contribution in [-0.4, -0.2) is 50.5 Å². The number of methoxy groups -OCH3 is 1. The fraction of sp³-hybridized carbons (Fsp3) is 0.500. The van der Waals surface area contributed by atoms with Crippen LogP contribution in [0, 0.1) is 6.92 Å². The van der Waals surface area contributed by atoms with Gasteiger partial charge in [0.25, 0.3) is 10.0 Å². The molecule has 0 fully saturated rings. The van der Waals surface area contributed by atoms with Gasteiger partial charge in [-0.2, -0.15) is 30.7 Å². The number of anilines is 1. The van der Waals surface area contributed by atoms with Gasteiger partial charge in [-0.25, -0.2) is 13.4 Å². The quantitative estimate of drug-likeness (QED) is 0.506. The van der Waals surface area contributed by atoms with Crippen molar-refractivity contribution in [3.05, 3.63) is 29.2 Å². The zero-order valence-electron chi connectivity index (χ0n) is 17.5. The molecule has 1 aliphatic carbocycles. The lowest BCUT2D eigenvalue weighted by Crippen LogP contribution is -2.52. The van der Waals surface area contributed by atoms with Crippen LogP contribution in [0.4, 0.5) is 36.6 Å². The number of H-pyrrole nitrogens is 1. The highest BCUT2D eigenvalue weighted by Crippen LogP contribution is 2.45. The van der Waals surface area contributed by atoms with Crippen molar-refractivity contribution in [2.75, 3.05) is 11.8 Å². The third kappa shape index (κ3) is 5.01. The Morgan fingerprint density at radius 3 is 2.41 bits per heavy atom. The minimum atomic E-state index is -5.14. The standard InChI is InChI=1S/C18H18F7N3O5S/c1-8-11(32-15(19)20)5-12(31-2)14(27-8)28-34(29,30)13-7-26-10-6-17(18(23,24)25,33-16(21)22)4-3-9(10)13/h5,7,15-16,26H,3-4,6H2,1-2H3,(H,27,28)/t17-/m0/s1. The molecule has 34 heavy (non-hydrogen) atoms. The largest absolute Gasteiger partial charge is 0.493 e. The predicted octanol–water partition coefficient (Wildman–Crippen LogP) is 4.16. The number of nitrogens with zero attached hydrogens (tertiary/aromatic N) is 1. The molecule has 2 N–H and O–H groups in total. The van der Waals surface area contributed by atoms with Gasteiger partial charge >= 0.3 is 19.4 Å². The summed E-state index contributed by atoms with van der Waals surface area (Å²) in [6.07, 6.45) is -6.75. The molecule has 2 aromatic heterocycles. The van der Waals surface area contributed by atoms with E-state index in [1.54, 1.807) is 0 Å². The molecule has 0 saturated heterocycles. The highest BCUT2D eigenvalue weighted by atomic mass is 32.2. The Morgan fingerprint density at radius 2 is 1.85 bits per heavy atom. The summed E-state index contributed by atoms with van der Waals surface area (Å²) in [7, 11) is -3.36. The zero-order valence-corrected chi connectivity index (χ0v) is 18.3. The molecule has 0 aromatic carbocycles. The van der Waals surface area contributed by atoms with Crippen molar-refractivity contribution in [3.8, 4) is 11.5 Å². The molecule has 0 unspecified atom stereocenters. The maximum absolute atomic E-state index is 13.5. The number of aromatic amines is 1. The number of hydrogen-bond acceptors (Lipinski definition) is 6. The molecule has 1 aliphatic rings. The van der Waals surface area contributed by atoms with E-state index in [2.05, 4.69) is 24.2 Å². The van der Waals surface area contributed by atoms with Gasteiger partial charge in [0.1, 0.15) is 4.90 Å². The molecule has 0 amide bonds. The van der Waals surface area contributed by atoms with Gasteiger partial charge < -0.3 is 19.2 Å². The first kappa shape index (κ1) is 25.9. The number of nitrogens with one attached hydrogen (secondary N) is 2. The lowest BCUT2D eigenvalue weighted by atomic mass is 9.83. The van der Waals surface area contributed by atoms with Crippen molar-refractivity contribution < 1.29 is 53.4 Å². The Balaban J connectivity index is 1.94. The molecule has 8 nitrogen and oxygen atoms in total. The van der Waals surface area contributed by atoms with Crippen molar-refractivity contribution >= 4 is 15.8 Å². The Bertz CT molecular complexity index is 1150. The molecule has 190 valence electrons. The summed E-state index contributed by atoms with van der Waals surface area (Å²) in [4.78, 5) is 5.81. The van der Waals surface area contributed by atoms with Crippen LogP contribution in [0.15, 0.2) is 17.2 Å². The smallest absolute Gasteiger partial charge is 0.418 e. The second kappa shape index (κ2) is 9.13. The fourth-order valence-corrected chi connectivity index (χ4v) is 4.90. The van der Waals surface area contributed by atoms with E-state index in [1.165, 1.54) is 6.92 Å². The van der Waals surface area contributed by atoms with Crippen LogP contribution in [0.2, 0.25) is 0 Å². The zero-order chi connectivity index (χ0) is 25.5. The van der Waals surface area contributed by atoms with Crippen LogP contribution < -0.4 is 14.2 Å². The van der Waals surface area contributed by atoms with Crippen molar-refractivity contribution in [2.45, 2.75) is 56.1 Å². The van der Waals surface area contributed by atoms with Crippen LogP contribution in [0.3, 0.4) is 0 Å². The van der Waals surface area contributed by atoms with Gasteiger partial charge in [-0.05, 0) is 25.3 Å². The maximum atomic E-state index is 13.5. The van der Waals surface area contributed by atoms with E-state index in [0.717, 1.165) is 19.4 Å². The second-order valence-corrected chi connectivity index (χ2v) is 8.91. The summed E-state index contributed by atoms with van der Waals surface area (Å²) in [6, 6.07) is 0.984. The molecule has 0 radical (unpaired) electrons. The van der Waals surface area contributed by atoms with E-state index in [-0.39, 0.29) is 28.5 Å². The van der Waals surface area contributed by atoms with E-state index < -0.39 is 65.0 Å². The van der Waals surface area contributed by atoms with Crippen molar-refractivity contribution in [2.24, 2.45) is 0 Å². The average molecular weight is 521 g/mol. The third-order valence-corrected chi connectivity index (χ3v) is 6.61. The first-order valence-electron chi connectivity index (χ1n) is 9.44. The number of aryl methyl sites for hydroxylation is 1. The molecular formula is C18H18F7N3O5S. The van der Waals surface area contributed by atoms with Gasteiger partial charge in [0.2, 0.25) is 0 Å². The molecular weight excluding hydrogens is 503 g/mol. The summed E-state index contributed by atoms with van der Waals surface area (Å²) < 4.78 is 132. The first-order valence-corrected chi connectivity index (χ1v) is 10.9. The number of sulfonamides is 1. The van der Waals surface area contributed by atoms with E-state index >= 15 is 0 Å². The van der Waals surface area contributed by atoms with Gasteiger partial charge in [0.15, 0.2) is 22.9 Å². The molecule has 2 heterocycles. The van der Waals surface area contributed by atoms with E-state index in [1.807, 2.05) is 0 Å². The number of pyridine rings is 1. The topological polar surface area (TPSA) is 103 Å². The van der Waals surface area contributed by atoms with Crippen molar-refractivity contribution in [1.29, 1.82) is 0 Å². The minimum Gasteiger partial charge on any atom is -0.493 e. The molecule has 0 aliphatic heterocycles. The van der Waals surface area contributed by atoms with Gasteiger partial charge in [-0.3, -0.25) is 4.72 Å². The molecule has 0 spiro atoms. The van der Waals surface area contributed by atoms with Crippen molar-refractivity contribution in [1.82, 2.24) is 9.97 Å². The first-order chi connectivity index (χ1) is 15.7. The van der Waals surface area contributed by atoms with Gasteiger partial charge in [-0.15, -0.1) is 0 Å². The van der Waals surface area contributed by atoms with Gasteiger partial charge in [0.05, 0.1) is 12.8 Å². The van der Waals surface area contributed by atoms with Crippen LogP contribution in [-0.2, 0) is 27.6 Å². The lowest BCUT2D eigenvalue weighted by molar-refractivity contribution is -0.330. The highest BCUT2D eigenvalue weighted by Gasteiger charge is 2.59. The molecule has 3 rings (SSSR count). The SMILES string of the molecule is COc1cc(OC(F)F)c(C)nc1NS(=O)(=O)c1c[nH]c2c1CC[C@@](OC(F)F)(C(F)(F)F)C2. The highest BCUT2D eigenvalue weighted by molar-refractivity contribution is 7.92. The predicted molar refractivity (Wildman–Crippen MR) is 102 cm³/mol. The second-order valence-electron chi connectivity index (χ2n) is 7.26. The Morgan fingerprint density at radius 1 is 1.18 bits per heavy atom. The van der Waals surface area contributed by atoms with Crippen LogP contribution in [0.25, 0.3) is 0 Å². The Hall–Kier alpha value is -2.75. The summed E-state index contributed by atoms with van der Waals surface area (Å²) in [6.45, 7) is -5.59. The van der Waals surface area contributed by atoms with Gasteiger partial charge in [-0.1, -0.05) is 0 Å². The molecule has 0 saturated carbocycles. The number of fused-ring (bicyclic) bond motifs is 1. The van der Waals surface area contributed by atoms with Crippen LogP contribution in [0.1, 0.15) is 23.4 Å². The summed E-state index contributed by atoms with van der Waals surface area (Å²) in [5, 5.41) is 0. The molecule has 16 heteroatoms. The number of aromatic nitrogens is 2. The normalized spacial score (nSPS) is 18.8. The van der Waals surface area contributed by atoms with E-state index in [4.69, 9.17) is 4.74 Å². The summed E-state index contributed by atoms with van der Waals surface area (Å²) in [5.74, 6) is -1.02. The van der Waals surface area contributed by atoms with Crippen LogP contribution in [0.5, 0.6) is 11.5 Å². The molecule has 1 atom stereocenters. The monoisotopic (exact) mass is 521 g/mol. The maximum Gasteiger partial charge on any atom is 0.418 e. The lowest BCUT2D eigenvalue weighted by Gasteiger charge is -2.38. The number of hydrogen-bond donors (Lipinski definition) is 2. The van der Waals surface area contributed by atoms with Crippen LogP contribution >= 0.6 is 0 Å². The number of rotatable bonds is 8. The number of halogens is 7. The summed E-state index contributed by atoms with van der Waals surface area (Å²) in [5.41, 5.74) is -3.57. The van der Waals surface area contributed by atoms with E-state index in [0.29, 0.717) is 0 Å². The molecule has 0 bridgehead atoms. The van der Waals surface area contributed by atoms with E-state index in [9.17, 15) is 39.2 Å².